The first kappa shape index (κ1) is 18.2. The molecule has 0 aliphatic heterocycles. The van der Waals surface area contributed by atoms with Crippen molar-refractivity contribution in [3.8, 4) is 17.2 Å². The molecule has 0 aliphatic rings. The molecule has 0 saturated heterocycles. The number of guanidine groups is 1. The molecule has 0 spiro atoms. The van der Waals surface area contributed by atoms with E-state index in [1.165, 1.54) is 12.1 Å². The largest absolute Gasteiger partial charge is 0.493 e. The molecule has 0 aliphatic carbocycles. The number of aliphatic imine (C=N–C) groups is 1. The Bertz CT molecular complexity index is 938. The number of hydrogen-bond donors (Lipinski definition) is 2. The van der Waals surface area contributed by atoms with Crippen LogP contribution >= 0.6 is 0 Å². The Balaban J connectivity index is 1.65. The van der Waals surface area contributed by atoms with Crippen LogP contribution in [0.1, 0.15) is 5.69 Å². The number of anilines is 1. The van der Waals surface area contributed by atoms with E-state index in [1.54, 1.807) is 49.4 Å². The summed E-state index contributed by atoms with van der Waals surface area (Å²) in [4.78, 5) is 4.28. The van der Waals surface area contributed by atoms with Crippen LogP contribution in [-0.2, 0) is 6.54 Å². The Morgan fingerprint density at radius 2 is 1.85 bits per heavy atom. The predicted octanol–water partition coefficient (Wildman–Crippen LogP) is 2.96. The summed E-state index contributed by atoms with van der Waals surface area (Å²) in [5.41, 5.74) is 8.17. The number of halogens is 1. The molecule has 0 saturated carbocycles. The molecule has 8 heteroatoms. The monoisotopic (exact) mass is 369 g/mol. The number of rotatable bonds is 6. The third-order valence-corrected chi connectivity index (χ3v) is 3.80. The van der Waals surface area contributed by atoms with Crippen molar-refractivity contribution in [2.75, 3.05) is 19.5 Å². The van der Waals surface area contributed by atoms with Gasteiger partial charge >= 0.3 is 0 Å². The molecule has 0 amide bonds. The fraction of sp³-hybridized carbons (Fsp3) is 0.158. The van der Waals surface area contributed by atoms with Crippen LogP contribution < -0.4 is 20.5 Å². The zero-order valence-electron chi connectivity index (χ0n) is 15.0. The number of nitrogens with zero attached hydrogens (tertiary/aromatic N) is 3. The lowest BCUT2D eigenvalue weighted by atomic mass is 10.3. The number of nitrogens with two attached hydrogens (primary N) is 1. The summed E-state index contributed by atoms with van der Waals surface area (Å²) < 4.78 is 25.1. The van der Waals surface area contributed by atoms with Crippen molar-refractivity contribution in [2.24, 2.45) is 10.7 Å². The number of benzene rings is 2. The zero-order chi connectivity index (χ0) is 19.2. The number of ether oxygens (including phenoxy) is 2. The first-order chi connectivity index (χ1) is 13.1. The quantitative estimate of drug-likeness (QED) is 0.515. The van der Waals surface area contributed by atoms with E-state index in [-0.39, 0.29) is 11.8 Å². The molecule has 0 unspecified atom stereocenters. The van der Waals surface area contributed by atoms with E-state index in [4.69, 9.17) is 15.2 Å². The van der Waals surface area contributed by atoms with Crippen molar-refractivity contribution < 1.29 is 13.9 Å². The summed E-state index contributed by atoms with van der Waals surface area (Å²) in [5.74, 6) is 1.18. The number of hydrogen-bond acceptors (Lipinski definition) is 4. The Kier molecular flexibility index (Phi) is 5.55. The van der Waals surface area contributed by atoms with Crippen LogP contribution in [0.15, 0.2) is 59.7 Å². The summed E-state index contributed by atoms with van der Waals surface area (Å²) in [6, 6.07) is 13.3. The summed E-state index contributed by atoms with van der Waals surface area (Å²) in [7, 11) is 3.14. The van der Waals surface area contributed by atoms with Crippen molar-refractivity contribution in [3.63, 3.8) is 0 Å². The Hall–Kier alpha value is -3.55. The first-order valence-corrected chi connectivity index (χ1v) is 8.18. The molecule has 7 nitrogen and oxygen atoms in total. The van der Waals surface area contributed by atoms with E-state index in [0.717, 1.165) is 17.1 Å². The summed E-state index contributed by atoms with van der Waals surface area (Å²) >= 11 is 0. The molecular weight excluding hydrogens is 349 g/mol. The van der Waals surface area contributed by atoms with Gasteiger partial charge in [0.1, 0.15) is 5.82 Å². The molecule has 0 radical (unpaired) electrons. The van der Waals surface area contributed by atoms with Crippen molar-refractivity contribution in [2.45, 2.75) is 6.54 Å². The average Bonchev–Trinajstić information content (AvgIpc) is 3.16. The van der Waals surface area contributed by atoms with E-state index in [2.05, 4.69) is 15.4 Å². The van der Waals surface area contributed by atoms with Crippen LogP contribution in [-0.4, -0.2) is 30.0 Å². The fourth-order valence-electron chi connectivity index (χ4n) is 2.45. The zero-order valence-corrected chi connectivity index (χ0v) is 15.0. The topological polar surface area (TPSA) is 86.7 Å². The highest BCUT2D eigenvalue weighted by atomic mass is 19.1. The van der Waals surface area contributed by atoms with Gasteiger partial charge in [-0.3, -0.25) is 0 Å². The van der Waals surface area contributed by atoms with Gasteiger partial charge in [0.25, 0.3) is 0 Å². The van der Waals surface area contributed by atoms with Crippen LogP contribution in [0.3, 0.4) is 0 Å². The summed E-state index contributed by atoms with van der Waals surface area (Å²) in [6.07, 6.45) is 1.79. The predicted molar refractivity (Wildman–Crippen MR) is 102 cm³/mol. The summed E-state index contributed by atoms with van der Waals surface area (Å²) in [5, 5.41) is 7.41. The second kappa shape index (κ2) is 8.22. The van der Waals surface area contributed by atoms with Crippen molar-refractivity contribution in [1.82, 2.24) is 9.78 Å². The van der Waals surface area contributed by atoms with Gasteiger partial charge in [-0.25, -0.2) is 14.1 Å². The minimum Gasteiger partial charge on any atom is -0.493 e. The molecule has 1 heterocycles. The van der Waals surface area contributed by atoms with E-state index < -0.39 is 0 Å². The van der Waals surface area contributed by atoms with Gasteiger partial charge in [-0.2, -0.15) is 5.10 Å². The highest BCUT2D eigenvalue weighted by Crippen LogP contribution is 2.29. The minimum absolute atomic E-state index is 0.249. The van der Waals surface area contributed by atoms with Gasteiger partial charge in [0.05, 0.1) is 32.1 Å². The lowest BCUT2D eigenvalue weighted by molar-refractivity contribution is 0.355. The third-order valence-electron chi connectivity index (χ3n) is 3.80. The minimum atomic E-state index is -0.287. The molecule has 3 aromatic rings. The van der Waals surface area contributed by atoms with Crippen molar-refractivity contribution in [3.05, 3.63) is 66.2 Å². The molecule has 2 aromatic carbocycles. The maximum absolute atomic E-state index is 13.0. The maximum Gasteiger partial charge on any atom is 0.193 e. The Morgan fingerprint density at radius 3 is 2.56 bits per heavy atom. The lowest BCUT2D eigenvalue weighted by Gasteiger charge is -2.10. The number of nitrogens with one attached hydrogen (secondary N) is 1. The van der Waals surface area contributed by atoms with E-state index in [0.29, 0.717) is 18.0 Å². The third kappa shape index (κ3) is 4.55. The second-order valence-corrected chi connectivity index (χ2v) is 5.62. The summed E-state index contributed by atoms with van der Waals surface area (Å²) in [6.45, 7) is 0.306. The van der Waals surface area contributed by atoms with Gasteiger partial charge in [-0.15, -0.1) is 0 Å². The molecular formula is C19H20FN5O2. The molecule has 0 bridgehead atoms. The van der Waals surface area contributed by atoms with Crippen LogP contribution in [0.4, 0.5) is 10.1 Å². The molecule has 0 fully saturated rings. The number of methoxy groups -OCH3 is 2. The highest BCUT2D eigenvalue weighted by molar-refractivity contribution is 5.92. The van der Waals surface area contributed by atoms with Gasteiger partial charge in [0, 0.05) is 18.0 Å². The normalized spacial score (nSPS) is 11.3. The van der Waals surface area contributed by atoms with Gasteiger partial charge in [-0.1, -0.05) is 0 Å². The molecule has 140 valence electrons. The first-order valence-electron chi connectivity index (χ1n) is 8.18. The lowest BCUT2D eigenvalue weighted by Crippen LogP contribution is -2.22. The van der Waals surface area contributed by atoms with Crippen LogP contribution in [0.25, 0.3) is 5.69 Å². The van der Waals surface area contributed by atoms with E-state index in [1.807, 2.05) is 12.1 Å². The standard InChI is InChI=1S/C19H20FN5O2/c1-26-17-8-5-14(11-18(17)27-2)23-19(21)22-12-15-9-10-25(24-15)16-6-3-13(20)4-7-16/h3-11H,12H2,1-2H3,(H3,21,22,23). The van der Waals surface area contributed by atoms with Crippen molar-refractivity contribution in [1.29, 1.82) is 0 Å². The highest BCUT2D eigenvalue weighted by Gasteiger charge is 2.06. The molecule has 27 heavy (non-hydrogen) atoms. The average molecular weight is 369 g/mol. The van der Waals surface area contributed by atoms with Gasteiger partial charge in [0.2, 0.25) is 0 Å². The number of aromatic nitrogens is 2. The Morgan fingerprint density at radius 1 is 1.11 bits per heavy atom. The van der Waals surface area contributed by atoms with Gasteiger partial charge < -0.3 is 20.5 Å². The SMILES string of the molecule is COc1ccc(NC(N)=NCc2ccn(-c3ccc(F)cc3)n2)cc1OC. The maximum atomic E-state index is 13.0. The van der Waals surface area contributed by atoms with Gasteiger partial charge in [0.15, 0.2) is 17.5 Å². The molecule has 0 atom stereocenters. The van der Waals surface area contributed by atoms with Crippen molar-refractivity contribution >= 4 is 11.6 Å². The second-order valence-electron chi connectivity index (χ2n) is 5.62. The van der Waals surface area contributed by atoms with Crippen LogP contribution in [0.5, 0.6) is 11.5 Å². The van der Waals surface area contributed by atoms with Crippen LogP contribution in [0, 0.1) is 5.82 Å². The molecule has 3 rings (SSSR count). The van der Waals surface area contributed by atoms with E-state index in [9.17, 15) is 4.39 Å². The van der Waals surface area contributed by atoms with E-state index >= 15 is 0 Å². The fourth-order valence-corrected chi connectivity index (χ4v) is 2.45. The van der Waals surface area contributed by atoms with Gasteiger partial charge in [-0.05, 0) is 42.5 Å². The van der Waals surface area contributed by atoms with Crippen LogP contribution in [0.2, 0.25) is 0 Å². The Labute approximate surface area is 156 Å². The smallest absolute Gasteiger partial charge is 0.193 e. The molecule has 3 N–H and O–H groups in total. The molecule has 1 aromatic heterocycles.